The maximum atomic E-state index is 12.2. The van der Waals surface area contributed by atoms with Crippen LogP contribution in [0, 0.1) is 23.7 Å². The van der Waals surface area contributed by atoms with E-state index < -0.39 is 0 Å². The molecular formula is C17H23N3O. The van der Waals surface area contributed by atoms with Crippen molar-refractivity contribution >= 4 is 5.91 Å². The van der Waals surface area contributed by atoms with E-state index in [0.717, 1.165) is 17.9 Å². The number of nitrogens with one attached hydrogen (secondary N) is 1. The van der Waals surface area contributed by atoms with Gasteiger partial charge in [0, 0.05) is 17.8 Å². The SMILES string of the molecule is CC1CCC(NC(=O)c2ccc(C#CCN)cn2)C(C)C1. The van der Waals surface area contributed by atoms with E-state index in [0.29, 0.717) is 18.2 Å². The summed E-state index contributed by atoms with van der Waals surface area (Å²) in [6, 6.07) is 3.77. The molecule has 0 saturated heterocycles. The Labute approximate surface area is 126 Å². The van der Waals surface area contributed by atoms with E-state index in [2.05, 4.69) is 36.0 Å². The zero-order valence-electron chi connectivity index (χ0n) is 12.7. The molecule has 0 aliphatic heterocycles. The topological polar surface area (TPSA) is 68.0 Å². The Morgan fingerprint density at radius 1 is 1.43 bits per heavy atom. The quantitative estimate of drug-likeness (QED) is 0.816. The van der Waals surface area contributed by atoms with Crippen LogP contribution in [0.25, 0.3) is 0 Å². The van der Waals surface area contributed by atoms with Gasteiger partial charge in [-0.3, -0.25) is 4.79 Å². The first-order chi connectivity index (χ1) is 10.1. The van der Waals surface area contributed by atoms with Gasteiger partial charge in [-0.1, -0.05) is 25.7 Å². The minimum atomic E-state index is -0.0975. The molecule has 0 bridgehead atoms. The van der Waals surface area contributed by atoms with Crippen molar-refractivity contribution in [2.24, 2.45) is 17.6 Å². The zero-order chi connectivity index (χ0) is 15.2. The minimum absolute atomic E-state index is 0.0975. The highest BCUT2D eigenvalue weighted by atomic mass is 16.1. The second-order valence-corrected chi connectivity index (χ2v) is 5.91. The lowest BCUT2D eigenvalue weighted by molar-refractivity contribution is 0.0894. The van der Waals surface area contributed by atoms with Crippen molar-refractivity contribution in [3.05, 3.63) is 29.6 Å². The van der Waals surface area contributed by atoms with Crippen LogP contribution in [0.15, 0.2) is 18.3 Å². The Morgan fingerprint density at radius 3 is 2.86 bits per heavy atom. The van der Waals surface area contributed by atoms with Gasteiger partial charge in [0.05, 0.1) is 6.54 Å². The molecule has 21 heavy (non-hydrogen) atoms. The van der Waals surface area contributed by atoms with Crippen LogP contribution in [0.3, 0.4) is 0 Å². The molecule has 4 nitrogen and oxygen atoms in total. The number of aromatic nitrogens is 1. The van der Waals surface area contributed by atoms with Crippen molar-refractivity contribution in [3.8, 4) is 11.8 Å². The molecule has 1 aliphatic rings. The van der Waals surface area contributed by atoms with Gasteiger partial charge < -0.3 is 11.1 Å². The van der Waals surface area contributed by atoms with E-state index in [1.54, 1.807) is 18.3 Å². The fourth-order valence-electron chi connectivity index (χ4n) is 2.88. The average Bonchev–Trinajstić information content (AvgIpc) is 2.48. The van der Waals surface area contributed by atoms with Crippen LogP contribution in [-0.2, 0) is 0 Å². The second-order valence-electron chi connectivity index (χ2n) is 5.91. The van der Waals surface area contributed by atoms with Crippen molar-refractivity contribution in [2.75, 3.05) is 6.54 Å². The maximum Gasteiger partial charge on any atom is 0.270 e. The molecule has 1 aromatic heterocycles. The summed E-state index contributed by atoms with van der Waals surface area (Å²) >= 11 is 0. The van der Waals surface area contributed by atoms with Gasteiger partial charge in [-0.15, -0.1) is 0 Å². The smallest absolute Gasteiger partial charge is 0.270 e. The number of pyridine rings is 1. The molecule has 0 spiro atoms. The van der Waals surface area contributed by atoms with Gasteiger partial charge in [-0.05, 0) is 43.2 Å². The summed E-state index contributed by atoms with van der Waals surface area (Å²) in [4.78, 5) is 16.4. The molecule has 1 fully saturated rings. The monoisotopic (exact) mass is 285 g/mol. The lowest BCUT2D eigenvalue weighted by Crippen LogP contribution is -2.42. The van der Waals surface area contributed by atoms with Crippen LogP contribution in [0.4, 0.5) is 0 Å². The summed E-state index contributed by atoms with van der Waals surface area (Å²) in [6.45, 7) is 4.80. The van der Waals surface area contributed by atoms with Crippen LogP contribution in [0.2, 0.25) is 0 Å². The van der Waals surface area contributed by atoms with Gasteiger partial charge >= 0.3 is 0 Å². The Bertz CT molecular complexity index is 541. The van der Waals surface area contributed by atoms with Gasteiger partial charge in [-0.2, -0.15) is 0 Å². The molecule has 3 unspecified atom stereocenters. The number of carbonyl (C=O) groups excluding carboxylic acids is 1. The summed E-state index contributed by atoms with van der Waals surface area (Å²) in [5, 5.41) is 3.11. The Morgan fingerprint density at radius 2 is 2.24 bits per heavy atom. The molecule has 0 radical (unpaired) electrons. The maximum absolute atomic E-state index is 12.2. The molecule has 1 aliphatic carbocycles. The Hall–Kier alpha value is -1.86. The third kappa shape index (κ3) is 4.30. The largest absolute Gasteiger partial charge is 0.348 e. The minimum Gasteiger partial charge on any atom is -0.348 e. The van der Waals surface area contributed by atoms with E-state index in [-0.39, 0.29) is 11.9 Å². The van der Waals surface area contributed by atoms with Crippen LogP contribution in [-0.4, -0.2) is 23.5 Å². The van der Waals surface area contributed by atoms with Gasteiger partial charge in [0.2, 0.25) is 0 Å². The molecule has 3 atom stereocenters. The van der Waals surface area contributed by atoms with E-state index in [9.17, 15) is 4.79 Å². The summed E-state index contributed by atoms with van der Waals surface area (Å²) in [5.74, 6) is 6.84. The van der Waals surface area contributed by atoms with Gasteiger partial charge in [0.25, 0.3) is 5.91 Å². The van der Waals surface area contributed by atoms with E-state index in [1.807, 2.05) is 0 Å². The third-order valence-corrected chi connectivity index (χ3v) is 4.08. The highest BCUT2D eigenvalue weighted by Gasteiger charge is 2.26. The molecule has 3 N–H and O–H groups in total. The van der Waals surface area contributed by atoms with Crippen LogP contribution in [0.5, 0.6) is 0 Å². The standard InChI is InChI=1S/C17H23N3O/c1-12-5-7-15(13(2)10-12)20-17(21)16-8-6-14(11-19-16)4-3-9-18/h6,8,11-13,15H,5,7,9-10,18H2,1-2H3,(H,20,21). The summed E-state index contributed by atoms with van der Waals surface area (Å²) in [6.07, 6.45) is 5.01. The fraction of sp³-hybridized carbons (Fsp3) is 0.529. The van der Waals surface area contributed by atoms with E-state index in [4.69, 9.17) is 5.73 Å². The molecule has 1 aromatic rings. The van der Waals surface area contributed by atoms with Crippen molar-refractivity contribution < 1.29 is 4.79 Å². The molecule has 1 heterocycles. The summed E-state index contributed by atoms with van der Waals surface area (Å²) in [7, 11) is 0. The van der Waals surface area contributed by atoms with Crippen LogP contribution < -0.4 is 11.1 Å². The van der Waals surface area contributed by atoms with E-state index in [1.165, 1.54) is 12.8 Å². The van der Waals surface area contributed by atoms with Gasteiger partial charge in [-0.25, -0.2) is 4.98 Å². The average molecular weight is 285 g/mol. The van der Waals surface area contributed by atoms with Crippen molar-refractivity contribution in [2.45, 2.75) is 39.2 Å². The third-order valence-electron chi connectivity index (χ3n) is 4.08. The first kappa shape index (κ1) is 15.5. The lowest BCUT2D eigenvalue weighted by Gasteiger charge is -2.33. The molecule has 1 amide bonds. The Kier molecular flexibility index (Phi) is 5.35. The first-order valence-electron chi connectivity index (χ1n) is 7.56. The Balaban J connectivity index is 1.97. The zero-order valence-corrected chi connectivity index (χ0v) is 12.7. The number of nitrogens with two attached hydrogens (primary N) is 1. The molecule has 112 valence electrons. The van der Waals surface area contributed by atoms with Crippen molar-refractivity contribution in [1.82, 2.24) is 10.3 Å². The van der Waals surface area contributed by atoms with Crippen LogP contribution >= 0.6 is 0 Å². The predicted octanol–water partition coefficient (Wildman–Crippen LogP) is 1.95. The fourth-order valence-corrected chi connectivity index (χ4v) is 2.88. The molecule has 0 aromatic carbocycles. The molecular weight excluding hydrogens is 262 g/mol. The van der Waals surface area contributed by atoms with Gasteiger partial charge in [0.1, 0.15) is 5.69 Å². The van der Waals surface area contributed by atoms with Crippen LogP contribution in [0.1, 0.15) is 49.2 Å². The summed E-state index contributed by atoms with van der Waals surface area (Å²) in [5.41, 5.74) is 6.54. The normalized spacial score (nSPS) is 24.8. The lowest BCUT2D eigenvalue weighted by atomic mass is 9.80. The number of hydrogen-bond acceptors (Lipinski definition) is 3. The highest BCUT2D eigenvalue weighted by Crippen LogP contribution is 2.28. The van der Waals surface area contributed by atoms with Crippen molar-refractivity contribution in [1.29, 1.82) is 0 Å². The second kappa shape index (κ2) is 7.24. The molecule has 1 saturated carbocycles. The number of amides is 1. The van der Waals surface area contributed by atoms with Crippen molar-refractivity contribution in [3.63, 3.8) is 0 Å². The van der Waals surface area contributed by atoms with Gasteiger partial charge in [0.15, 0.2) is 0 Å². The number of nitrogens with zero attached hydrogens (tertiary/aromatic N) is 1. The number of rotatable bonds is 2. The molecule has 4 heteroatoms. The van der Waals surface area contributed by atoms with E-state index >= 15 is 0 Å². The molecule has 2 rings (SSSR count). The number of carbonyl (C=O) groups is 1. The highest BCUT2D eigenvalue weighted by molar-refractivity contribution is 5.92. The summed E-state index contributed by atoms with van der Waals surface area (Å²) < 4.78 is 0. The predicted molar refractivity (Wildman–Crippen MR) is 83.6 cm³/mol. The number of hydrogen-bond donors (Lipinski definition) is 2. The first-order valence-corrected chi connectivity index (χ1v) is 7.56.